The Labute approximate surface area is 109 Å². The molecule has 0 aliphatic heterocycles. The van der Waals surface area contributed by atoms with Crippen molar-refractivity contribution >= 4 is 27.6 Å². The smallest absolute Gasteiger partial charge is 0.339 e. The van der Waals surface area contributed by atoms with Crippen LogP contribution in [-0.2, 0) is 9.47 Å². The predicted molar refractivity (Wildman–Crippen MR) is 70.5 cm³/mol. The second-order valence-corrected chi connectivity index (χ2v) is 4.37. The molecular formula is C12H16BrNO3. The molecule has 1 N–H and O–H groups in total. The van der Waals surface area contributed by atoms with Crippen molar-refractivity contribution in [1.82, 2.24) is 0 Å². The minimum Gasteiger partial charge on any atom is -0.465 e. The molecule has 0 radical (unpaired) electrons. The van der Waals surface area contributed by atoms with E-state index in [1.165, 1.54) is 7.11 Å². The Morgan fingerprint density at radius 2 is 2.18 bits per heavy atom. The fraction of sp³-hybridized carbons (Fsp3) is 0.417. The molecular weight excluding hydrogens is 286 g/mol. The molecule has 4 nitrogen and oxygen atoms in total. The van der Waals surface area contributed by atoms with Crippen LogP contribution in [0.15, 0.2) is 22.7 Å². The Morgan fingerprint density at radius 3 is 2.82 bits per heavy atom. The summed E-state index contributed by atoms with van der Waals surface area (Å²) in [5.74, 6) is -0.341. The van der Waals surface area contributed by atoms with Gasteiger partial charge in [0.15, 0.2) is 0 Å². The fourth-order valence-electron chi connectivity index (χ4n) is 1.39. The first kappa shape index (κ1) is 14.0. The molecule has 1 rings (SSSR count). The Kier molecular flexibility index (Phi) is 6.00. The van der Waals surface area contributed by atoms with E-state index in [0.29, 0.717) is 12.2 Å². The number of esters is 1. The second-order valence-electron chi connectivity index (χ2n) is 3.45. The number of benzene rings is 1. The quantitative estimate of drug-likeness (QED) is 0.648. The molecule has 0 saturated heterocycles. The summed E-state index contributed by atoms with van der Waals surface area (Å²) in [6.07, 6.45) is 0.879. The van der Waals surface area contributed by atoms with Crippen LogP contribution in [0.2, 0.25) is 0 Å². The van der Waals surface area contributed by atoms with Gasteiger partial charge in [0.05, 0.1) is 12.7 Å². The normalized spacial score (nSPS) is 10.1. The predicted octanol–water partition coefficient (Wildman–Crippen LogP) is 2.68. The van der Waals surface area contributed by atoms with Gasteiger partial charge in [0.2, 0.25) is 0 Å². The lowest BCUT2D eigenvalue weighted by atomic mass is 10.2. The van der Waals surface area contributed by atoms with Gasteiger partial charge in [0.25, 0.3) is 0 Å². The fourth-order valence-corrected chi connectivity index (χ4v) is 1.75. The highest BCUT2D eigenvalue weighted by Gasteiger charge is 2.11. The first-order valence-corrected chi connectivity index (χ1v) is 6.09. The van der Waals surface area contributed by atoms with E-state index in [0.717, 1.165) is 23.1 Å². The van der Waals surface area contributed by atoms with Gasteiger partial charge in [-0.2, -0.15) is 0 Å². The van der Waals surface area contributed by atoms with Gasteiger partial charge in [0, 0.05) is 30.4 Å². The molecule has 0 heterocycles. The maximum atomic E-state index is 11.5. The number of hydrogen-bond donors (Lipinski definition) is 1. The highest BCUT2D eigenvalue weighted by molar-refractivity contribution is 9.10. The van der Waals surface area contributed by atoms with Gasteiger partial charge in [-0.05, 0) is 24.6 Å². The SMILES string of the molecule is COCCCNc1cc(Br)ccc1C(=O)OC. The van der Waals surface area contributed by atoms with E-state index in [2.05, 4.69) is 21.2 Å². The lowest BCUT2D eigenvalue weighted by Gasteiger charge is -2.11. The van der Waals surface area contributed by atoms with Crippen LogP contribution in [0.25, 0.3) is 0 Å². The third kappa shape index (κ3) is 4.36. The molecule has 0 aromatic heterocycles. The molecule has 0 bridgehead atoms. The molecule has 0 amide bonds. The third-order valence-electron chi connectivity index (χ3n) is 2.23. The number of hydrogen-bond acceptors (Lipinski definition) is 4. The number of methoxy groups -OCH3 is 2. The molecule has 1 aromatic carbocycles. The summed E-state index contributed by atoms with van der Waals surface area (Å²) in [5, 5.41) is 3.19. The minimum absolute atomic E-state index is 0.341. The van der Waals surface area contributed by atoms with Crippen LogP contribution in [0.1, 0.15) is 16.8 Å². The summed E-state index contributed by atoms with van der Waals surface area (Å²) in [4.78, 5) is 11.5. The Balaban J connectivity index is 2.73. The van der Waals surface area contributed by atoms with E-state index in [-0.39, 0.29) is 5.97 Å². The van der Waals surface area contributed by atoms with Gasteiger partial charge in [0.1, 0.15) is 0 Å². The molecule has 0 fully saturated rings. The van der Waals surface area contributed by atoms with Crippen LogP contribution in [-0.4, -0.2) is 33.3 Å². The Morgan fingerprint density at radius 1 is 1.41 bits per heavy atom. The summed E-state index contributed by atoms with van der Waals surface area (Å²) >= 11 is 3.37. The number of carbonyl (C=O) groups excluding carboxylic acids is 1. The zero-order chi connectivity index (χ0) is 12.7. The molecule has 0 spiro atoms. The molecule has 94 valence electrons. The van der Waals surface area contributed by atoms with Gasteiger partial charge < -0.3 is 14.8 Å². The molecule has 17 heavy (non-hydrogen) atoms. The average Bonchev–Trinajstić information content (AvgIpc) is 2.34. The molecule has 0 atom stereocenters. The van der Waals surface area contributed by atoms with E-state index >= 15 is 0 Å². The van der Waals surface area contributed by atoms with Crippen LogP contribution in [0, 0.1) is 0 Å². The van der Waals surface area contributed by atoms with Crippen molar-refractivity contribution in [3.8, 4) is 0 Å². The van der Waals surface area contributed by atoms with Crippen LogP contribution in [0.4, 0.5) is 5.69 Å². The number of halogens is 1. The summed E-state index contributed by atoms with van der Waals surface area (Å²) in [6.45, 7) is 1.43. The van der Waals surface area contributed by atoms with Gasteiger partial charge in [-0.15, -0.1) is 0 Å². The van der Waals surface area contributed by atoms with Crippen molar-refractivity contribution in [3.63, 3.8) is 0 Å². The van der Waals surface area contributed by atoms with E-state index in [1.807, 2.05) is 12.1 Å². The third-order valence-corrected chi connectivity index (χ3v) is 2.72. The zero-order valence-corrected chi connectivity index (χ0v) is 11.5. The van der Waals surface area contributed by atoms with Gasteiger partial charge in [-0.25, -0.2) is 4.79 Å². The van der Waals surface area contributed by atoms with Gasteiger partial charge >= 0.3 is 5.97 Å². The standard InChI is InChI=1S/C12H16BrNO3/c1-16-7-3-6-14-11-8-9(13)4-5-10(11)12(15)17-2/h4-5,8,14H,3,6-7H2,1-2H3. The van der Waals surface area contributed by atoms with Crippen LogP contribution < -0.4 is 5.32 Å². The Hall–Kier alpha value is -1.07. The second kappa shape index (κ2) is 7.29. The first-order valence-electron chi connectivity index (χ1n) is 5.29. The van der Waals surface area contributed by atoms with Crippen LogP contribution >= 0.6 is 15.9 Å². The number of carbonyl (C=O) groups is 1. The van der Waals surface area contributed by atoms with E-state index in [1.54, 1.807) is 13.2 Å². The minimum atomic E-state index is -0.341. The lowest BCUT2D eigenvalue weighted by Crippen LogP contribution is -2.10. The largest absolute Gasteiger partial charge is 0.465 e. The van der Waals surface area contributed by atoms with Crippen LogP contribution in [0.3, 0.4) is 0 Å². The van der Waals surface area contributed by atoms with Crippen molar-refractivity contribution < 1.29 is 14.3 Å². The lowest BCUT2D eigenvalue weighted by molar-refractivity contribution is 0.0602. The highest BCUT2D eigenvalue weighted by Crippen LogP contribution is 2.22. The monoisotopic (exact) mass is 301 g/mol. The number of nitrogens with one attached hydrogen (secondary N) is 1. The molecule has 0 aliphatic rings. The van der Waals surface area contributed by atoms with E-state index in [9.17, 15) is 4.79 Å². The van der Waals surface area contributed by atoms with Crippen molar-refractivity contribution in [3.05, 3.63) is 28.2 Å². The molecule has 1 aromatic rings. The number of anilines is 1. The summed E-state index contributed by atoms with van der Waals surface area (Å²) in [5.41, 5.74) is 1.30. The van der Waals surface area contributed by atoms with Crippen molar-refractivity contribution in [2.45, 2.75) is 6.42 Å². The summed E-state index contributed by atoms with van der Waals surface area (Å²) in [7, 11) is 3.04. The number of ether oxygens (including phenoxy) is 2. The molecule has 0 unspecified atom stereocenters. The zero-order valence-electron chi connectivity index (χ0n) is 9.96. The van der Waals surface area contributed by atoms with E-state index < -0.39 is 0 Å². The number of rotatable bonds is 6. The van der Waals surface area contributed by atoms with Gasteiger partial charge in [-0.1, -0.05) is 15.9 Å². The Bertz CT molecular complexity index is 382. The summed E-state index contributed by atoms with van der Waals surface area (Å²) < 4.78 is 10.6. The van der Waals surface area contributed by atoms with Gasteiger partial charge in [-0.3, -0.25) is 0 Å². The molecule has 5 heteroatoms. The maximum Gasteiger partial charge on any atom is 0.339 e. The summed E-state index contributed by atoms with van der Waals surface area (Å²) in [6, 6.07) is 5.40. The van der Waals surface area contributed by atoms with E-state index in [4.69, 9.17) is 9.47 Å². The average molecular weight is 302 g/mol. The maximum absolute atomic E-state index is 11.5. The molecule has 0 aliphatic carbocycles. The van der Waals surface area contributed by atoms with Crippen molar-refractivity contribution in [1.29, 1.82) is 0 Å². The van der Waals surface area contributed by atoms with Crippen molar-refractivity contribution in [2.75, 3.05) is 32.7 Å². The van der Waals surface area contributed by atoms with Crippen LogP contribution in [0.5, 0.6) is 0 Å². The van der Waals surface area contributed by atoms with Crippen molar-refractivity contribution in [2.24, 2.45) is 0 Å². The first-order chi connectivity index (χ1) is 8.19. The molecule has 0 saturated carbocycles. The highest BCUT2D eigenvalue weighted by atomic mass is 79.9. The topological polar surface area (TPSA) is 47.6 Å².